The van der Waals surface area contributed by atoms with Gasteiger partial charge in [0.1, 0.15) is 6.10 Å². The van der Waals surface area contributed by atoms with E-state index in [1.54, 1.807) is 6.07 Å². The average molecular weight is 234 g/mol. The molecular formula is C13H18N2O2. The van der Waals surface area contributed by atoms with Gasteiger partial charge in [-0.2, -0.15) is 0 Å². The lowest BCUT2D eigenvalue weighted by Gasteiger charge is -2.22. The first-order chi connectivity index (χ1) is 8.16. The average Bonchev–Trinajstić information content (AvgIpc) is 2.34. The maximum atomic E-state index is 11.9. The molecule has 1 fully saturated rings. The zero-order valence-electron chi connectivity index (χ0n) is 10.0. The van der Waals surface area contributed by atoms with Crippen molar-refractivity contribution in [1.82, 2.24) is 0 Å². The zero-order valence-corrected chi connectivity index (χ0v) is 10.0. The number of ether oxygens (including phenoxy) is 1. The highest BCUT2D eigenvalue weighted by Gasteiger charge is 2.22. The third kappa shape index (κ3) is 2.97. The largest absolute Gasteiger partial charge is 0.399 e. The lowest BCUT2D eigenvalue weighted by Crippen LogP contribution is -2.33. The van der Waals surface area contributed by atoms with Crippen LogP contribution < -0.4 is 11.1 Å². The lowest BCUT2D eigenvalue weighted by atomic mass is 10.1. The van der Waals surface area contributed by atoms with E-state index < -0.39 is 0 Å². The van der Waals surface area contributed by atoms with Crippen molar-refractivity contribution in [1.29, 1.82) is 0 Å². The Hall–Kier alpha value is -1.55. The van der Waals surface area contributed by atoms with Gasteiger partial charge in [0.15, 0.2) is 0 Å². The molecule has 92 valence electrons. The number of hydrogen-bond acceptors (Lipinski definition) is 3. The molecule has 0 bridgehead atoms. The Bertz CT molecular complexity index is 412. The Morgan fingerprint density at radius 1 is 1.47 bits per heavy atom. The molecule has 4 nitrogen and oxygen atoms in total. The number of carbonyl (C=O) groups is 1. The summed E-state index contributed by atoms with van der Waals surface area (Å²) in [5.74, 6) is -0.0578. The second kappa shape index (κ2) is 5.19. The van der Waals surface area contributed by atoms with Gasteiger partial charge >= 0.3 is 0 Å². The molecule has 0 aliphatic carbocycles. The summed E-state index contributed by atoms with van der Waals surface area (Å²) >= 11 is 0. The van der Waals surface area contributed by atoms with Gasteiger partial charge in [-0.1, -0.05) is 0 Å². The van der Waals surface area contributed by atoms with Crippen LogP contribution >= 0.6 is 0 Å². The Morgan fingerprint density at radius 3 is 2.94 bits per heavy atom. The summed E-state index contributed by atoms with van der Waals surface area (Å²) in [6, 6.07) is 5.45. The third-order valence-corrected chi connectivity index (χ3v) is 2.98. The van der Waals surface area contributed by atoms with E-state index in [0.29, 0.717) is 12.3 Å². The number of carbonyl (C=O) groups excluding carboxylic acids is 1. The smallest absolute Gasteiger partial charge is 0.253 e. The molecule has 1 aliphatic heterocycles. The molecule has 0 spiro atoms. The summed E-state index contributed by atoms with van der Waals surface area (Å²) in [7, 11) is 0. The van der Waals surface area contributed by atoms with Crippen molar-refractivity contribution < 1.29 is 9.53 Å². The highest BCUT2D eigenvalue weighted by Crippen LogP contribution is 2.20. The summed E-state index contributed by atoms with van der Waals surface area (Å²) < 4.78 is 5.44. The summed E-state index contributed by atoms with van der Waals surface area (Å²) in [6.07, 6.45) is 2.60. The molecule has 1 unspecified atom stereocenters. The van der Waals surface area contributed by atoms with Crippen LogP contribution in [0.15, 0.2) is 18.2 Å². The highest BCUT2D eigenvalue weighted by molar-refractivity contribution is 5.95. The van der Waals surface area contributed by atoms with Gasteiger partial charge in [-0.3, -0.25) is 4.79 Å². The Labute approximate surface area is 101 Å². The minimum Gasteiger partial charge on any atom is -0.399 e. The number of nitrogen functional groups attached to an aromatic ring is 1. The molecule has 4 heteroatoms. The van der Waals surface area contributed by atoms with Crippen molar-refractivity contribution in [3.63, 3.8) is 0 Å². The Kier molecular flexibility index (Phi) is 3.64. The summed E-state index contributed by atoms with van der Waals surface area (Å²) in [5.41, 5.74) is 8.14. The van der Waals surface area contributed by atoms with E-state index in [9.17, 15) is 4.79 Å². The van der Waals surface area contributed by atoms with Crippen LogP contribution in [0, 0.1) is 6.92 Å². The molecule has 0 radical (unpaired) electrons. The SMILES string of the molecule is Cc1cc(N)ccc1NC(=O)C1CCCCO1. The second-order valence-electron chi connectivity index (χ2n) is 4.42. The van der Waals surface area contributed by atoms with Crippen molar-refractivity contribution >= 4 is 17.3 Å². The van der Waals surface area contributed by atoms with Gasteiger partial charge in [-0.25, -0.2) is 0 Å². The molecule has 17 heavy (non-hydrogen) atoms. The van der Waals surface area contributed by atoms with Crippen LogP contribution in [0.5, 0.6) is 0 Å². The van der Waals surface area contributed by atoms with Crippen LogP contribution in [0.4, 0.5) is 11.4 Å². The van der Waals surface area contributed by atoms with Crippen molar-refractivity contribution in [2.24, 2.45) is 0 Å². The molecule has 1 heterocycles. The number of nitrogens with two attached hydrogens (primary N) is 1. The number of anilines is 2. The normalized spacial score (nSPS) is 19.9. The van der Waals surface area contributed by atoms with E-state index in [4.69, 9.17) is 10.5 Å². The van der Waals surface area contributed by atoms with E-state index in [-0.39, 0.29) is 12.0 Å². The quantitative estimate of drug-likeness (QED) is 0.770. The van der Waals surface area contributed by atoms with Gasteiger partial charge in [0.2, 0.25) is 0 Å². The molecule has 1 amide bonds. The van der Waals surface area contributed by atoms with Gasteiger partial charge in [0.25, 0.3) is 5.91 Å². The maximum Gasteiger partial charge on any atom is 0.253 e. The van der Waals surface area contributed by atoms with Crippen LogP contribution in [0.3, 0.4) is 0 Å². The third-order valence-electron chi connectivity index (χ3n) is 2.98. The number of nitrogens with one attached hydrogen (secondary N) is 1. The van der Waals surface area contributed by atoms with Crippen LogP contribution in [-0.4, -0.2) is 18.6 Å². The number of benzene rings is 1. The topological polar surface area (TPSA) is 64.3 Å². The standard InChI is InChI=1S/C13H18N2O2/c1-9-8-10(14)5-6-11(9)15-13(16)12-4-2-3-7-17-12/h5-6,8,12H,2-4,7,14H2,1H3,(H,15,16). The summed E-state index contributed by atoms with van der Waals surface area (Å²) in [6.45, 7) is 2.60. The second-order valence-corrected chi connectivity index (χ2v) is 4.42. The minimum absolute atomic E-state index is 0.0578. The fraction of sp³-hybridized carbons (Fsp3) is 0.462. The van der Waals surface area contributed by atoms with E-state index in [2.05, 4.69) is 5.32 Å². The first-order valence-electron chi connectivity index (χ1n) is 5.95. The summed E-state index contributed by atoms with van der Waals surface area (Å²) in [4.78, 5) is 11.9. The monoisotopic (exact) mass is 234 g/mol. The number of hydrogen-bond donors (Lipinski definition) is 2. The number of rotatable bonds is 2. The van der Waals surface area contributed by atoms with Crippen molar-refractivity contribution in [2.75, 3.05) is 17.7 Å². The molecule has 1 atom stereocenters. The van der Waals surface area contributed by atoms with E-state index in [0.717, 1.165) is 30.5 Å². The molecule has 1 aromatic carbocycles. The Morgan fingerprint density at radius 2 is 2.29 bits per heavy atom. The fourth-order valence-corrected chi connectivity index (χ4v) is 1.99. The Balaban J connectivity index is 2.02. The summed E-state index contributed by atoms with van der Waals surface area (Å²) in [5, 5.41) is 2.89. The van der Waals surface area contributed by atoms with Crippen molar-refractivity contribution in [2.45, 2.75) is 32.3 Å². The predicted octanol–water partition coefficient (Wildman–Crippen LogP) is 2.08. The molecule has 3 N–H and O–H groups in total. The highest BCUT2D eigenvalue weighted by atomic mass is 16.5. The van der Waals surface area contributed by atoms with Gasteiger partial charge in [-0.05, 0) is 49.9 Å². The first kappa shape index (κ1) is 11.9. The van der Waals surface area contributed by atoms with Crippen LogP contribution in [0.2, 0.25) is 0 Å². The molecule has 1 saturated heterocycles. The van der Waals surface area contributed by atoms with E-state index >= 15 is 0 Å². The van der Waals surface area contributed by atoms with Gasteiger partial charge in [0, 0.05) is 18.0 Å². The maximum absolute atomic E-state index is 11.9. The molecule has 1 aliphatic rings. The minimum atomic E-state index is -0.305. The molecule has 2 rings (SSSR count). The van der Waals surface area contributed by atoms with Gasteiger partial charge in [-0.15, -0.1) is 0 Å². The lowest BCUT2D eigenvalue weighted by molar-refractivity contribution is -0.129. The number of amides is 1. The molecule has 1 aromatic rings. The first-order valence-corrected chi connectivity index (χ1v) is 5.95. The van der Waals surface area contributed by atoms with E-state index in [1.807, 2.05) is 19.1 Å². The van der Waals surface area contributed by atoms with Crippen LogP contribution in [-0.2, 0) is 9.53 Å². The van der Waals surface area contributed by atoms with Crippen molar-refractivity contribution in [3.8, 4) is 0 Å². The van der Waals surface area contributed by atoms with Crippen LogP contribution in [0.25, 0.3) is 0 Å². The molecule has 0 aromatic heterocycles. The van der Waals surface area contributed by atoms with Gasteiger partial charge < -0.3 is 15.8 Å². The fourth-order valence-electron chi connectivity index (χ4n) is 1.99. The van der Waals surface area contributed by atoms with Crippen molar-refractivity contribution in [3.05, 3.63) is 23.8 Å². The predicted molar refractivity (Wildman–Crippen MR) is 67.8 cm³/mol. The number of aryl methyl sites for hydroxylation is 1. The zero-order chi connectivity index (χ0) is 12.3. The van der Waals surface area contributed by atoms with E-state index in [1.165, 1.54) is 0 Å². The molecular weight excluding hydrogens is 216 g/mol. The van der Waals surface area contributed by atoms with Gasteiger partial charge in [0.05, 0.1) is 0 Å². The molecule has 0 saturated carbocycles. The van der Waals surface area contributed by atoms with Crippen LogP contribution in [0.1, 0.15) is 24.8 Å².